The first-order chi connectivity index (χ1) is 14.3. The number of benzene rings is 1. The molecule has 1 aromatic carbocycles. The maximum atomic E-state index is 13.0. The molecule has 0 bridgehead atoms. The number of fused-ring (bicyclic) bond motifs is 1. The molecule has 1 amide bonds. The predicted octanol–water partition coefficient (Wildman–Crippen LogP) is 2.89. The number of likely N-dealkylation sites (tertiary alicyclic amines) is 1. The summed E-state index contributed by atoms with van der Waals surface area (Å²) in [4.78, 5) is 29.2. The molecule has 2 aromatic rings. The molecule has 1 N–H and O–H groups in total. The number of hydrogen-bond donors (Lipinski definition) is 1. The Morgan fingerprint density at radius 1 is 1.23 bits per heavy atom. The Labute approximate surface area is 175 Å². The van der Waals surface area contributed by atoms with E-state index in [4.69, 9.17) is 9.15 Å². The highest BCUT2D eigenvalue weighted by Gasteiger charge is 2.47. The van der Waals surface area contributed by atoms with E-state index in [1.807, 2.05) is 32.0 Å². The molecule has 1 aromatic heterocycles. The first-order valence-electron chi connectivity index (χ1n) is 10.1. The number of aliphatic hydroxyl groups is 1. The van der Waals surface area contributed by atoms with E-state index in [0.29, 0.717) is 30.2 Å². The van der Waals surface area contributed by atoms with E-state index >= 15 is 0 Å². The molecule has 7 nitrogen and oxygen atoms in total. The molecule has 1 saturated heterocycles. The standard InChI is InChI=1S/C23H26N2O5/c1-13-5-7-18(29-13)20-19(22(27)23(28)25(20)10-9-24(3)4)21(26)15-6-8-17-16(12-15)11-14(2)30-17/h5-8,12,14,20,26H,9-11H2,1-4H3/b21-19+/t14-,20+/m0/s1. The molecule has 0 unspecified atom stereocenters. The number of amides is 1. The second-order valence-electron chi connectivity index (χ2n) is 8.20. The highest BCUT2D eigenvalue weighted by Crippen LogP contribution is 2.40. The molecular weight excluding hydrogens is 384 g/mol. The van der Waals surface area contributed by atoms with Crippen molar-refractivity contribution in [2.75, 3.05) is 27.2 Å². The van der Waals surface area contributed by atoms with Crippen molar-refractivity contribution < 1.29 is 23.8 Å². The van der Waals surface area contributed by atoms with Gasteiger partial charge in [0.15, 0.2) is 0 Å². The summed E-state index contributed by atoms with van der Waals surface area (Å²) in [5.41, 5.74) is 1.52. The summed E-state index contributed by atoms with van der Waals surface area (Å²) in [6.45, 7) is 4.71. The van der Waals surface area contributed by atoms with E-state index in [1.165, 1.54) is 4.90 Å². The fourth-order valence-corrected chi connectivity index (χ4v) is 4.04. The SMILES string of the molecule is Cc1ccc([C@@H]2/C(=C(\O)c3ccc4c(c3)C[C@H](C)O4)C(=O)C(=O)N2CCN(C)C)o1. The van der Waals surface area contributed by atoms with E-state index in [0.717, 1.165) is 17.7 Å². The van der Waals surface area contributed by atoms with Crippen molar-refractivity contribution >= 4 is 17.4 Å². The molecule has 0 radical (unpaired) electrons. The summed E-state index contributed by atoms with van der Waals surface area (Å²) in [6.07, 6.45) is 0.800. The minimum Gasteiger partial charge on any atom is -0.507 e. The van der Waals surface area contributed by atoms with Crippen LogP contribution in [0.2, 0.25) is 0 Å². The molecule has 158 valence electrons. The quantitative estimate of drug-likeness (QED) is 0.464. The van der Waals surface area contributed by atoms with Gasteiger partial charge in [0, 0.05) is 25.1 Å². The Hall–Kier alpha value is -3.06. The predicted molar refractivity (Wildman–Crippen MR) is 111 cm³/mol. The molecule has 1 fully saturated rings. The largest absolute Gasteiger partial charge is 0.507 e. The van der Waals surface area contributed by atoms with E-state index < -0.39 is 17.7 Å². The molecule has 7 heteroatoms. The lowest BCUT2D eigenvalue weighted by molar-refractivity contribution is -0.140. The monoisotopic (exact) mass is 410 g/mol. The zero-order chi connectivity index (χ0) is 21.6. The van der Waals surface area contributed by atoms with Crippen molar-refractivity contribution in [2.24, 2.45) is 0 Å². The molecule has 0 saturated carbocycles. The van der Waals surface area contributed by atoms with Gasteiger partial charge in [-0.25, -0.2) is 0 Å². The van der Waals surface area contributed by atoms with Crippen LogP contribution in [0.1, 0.15) is 35.6 Å². The zero-order valence-electron chi connectivity index (χ0n) is 17.6. The van der Waals surface area contributed by atoms with E-state index in [9.17, 15) is 14.7 Å². The summed E-state index contributed by atoms with van der Waals surface area (Å²) >= 11 is 0. The fourth-order valence-electron chi connectivity index (χ4n) is 4.04. The highest BCUT2D eigenvalue weighted by molar-refractivity contribution is 6.46. The van der Waals surface area contributed by atoms with Crippen LogP contribution in [-0.2, 0) is 16.0 Å². The van der Waals surface area contributed by atoms with Gasteiger partial charge in [-0.3, -0.25) is 9.59 Å². The summed E-state index contributed by atoms with van der Waals surface area (Å²) in [6, 6.07) is 8.11. The van der Waals surface area contributed by atoms with Crippen LogP contribution < -0.4 is 4.74 Å². The lowest BCUT2D eigenvalue weighted by Gasteiger charge is -2.24. The van der Waals surface area contributed by atoms with Gasteiger partial charge in [-0.1, -0.05) is 0 Å². The molecular formula is C23H26N2O5. The number of likely N-dealkylation sites (N-methyl/N-ethyl adjacent to an activating group) is 1. The third kappa shape index (κ3) is 3.50. The van der Waals surface area contributed by atoms with Crippen LogP contribution in [0, 0.1) is 6.92 Å². The minimum absolute atomic E-state index is 0.0556. The number of aliphatic hydroxyl groups excluding tert-OH is 1. The first kappa shape index (κ1) is 20.2. The van der Waals surface area contributed by atoms with Gasteiger partial charge in [0.25, 0.3) is 11.7 Å². The maximum absolute atomic E-state index is 13.0. The Morgan fingerprint density at radius 2 is 2.00 bits per heavy atom. The number of Topliss-reactive ketones (excluding diaryl/α,β-unsaturated/α-hetero) is 1. The third-order valence-electron chi connectivity index (χ3n) is 5.53. The van der Waals surface area contributed by atoms with Gasteiger partial charge in [-0.05, 0) is 63.8 Å². The van der Waals surface area contributed by atoms with Crippen LogP contribution in [0.25, 0.3) is 5.76 Å². The zero-order valence-corrected chi connectivity index (χ0v) is 17.6. The van der Waals surface area contributed by atoms with Crippen molar-refractivity contribution in [3.8, 4) is 5.75 Å². The molecule has 4 rings (SSSR count). The lowest BCUT2D eigenvalue weighted by atomic mass is 9.97. The van der Waals surface area contributed by atoms with Gasteiger partial charge < -0.3 is 24.1 Å². The number of carbonyl (C=O) groups is 2. The van der Waals surface area contributed by atoms with E-state index in [2.05, 4.69) is 0 Å². The highest BCUT2D eigenvalue weighted by atomic mass is 16.5. The minimum atomic E-state index is -0.762. The smallest absolute Gasteiger partial charge is 0.295 e. The van der Waals surface area contributed by atoms with Crippen LogP contribution in [0.3, 0.4) is 0 Å². The van der Waals surface area contributed by atoms with Crippen LogP contribution in [0.15, 0.2) is 40.3 Å². The second kappa shape index (κ2) is 7.65. The average molecular weight is 410 g/mol. The molecule has 30 heavy (non-hydrogen) atoms. The molecule has 2 aliphatic rings. The molecule has 0 spiro atoms. The number of ether oxygens (including phenoxy) is 1. The number of rotatable bonds is 5. The van der Waals surface area contributed by atoms with Crippen molar-refractivity contribution in [2.45, 2.75) is 32.4 Å². The molecule has 2 atom stereocenters. The number of nitrogens with zero attached hydrogens (tertiary/aromatic N) is 2. The van der Waals surface area contributed by atoms with Crippen LogP contribution in [0.4, 0.5) is 0 Å². The van der Waals surface area contributed by atoms with Gasteiger partial charge in [0.1, 0.15) is 35.2 Å². The Balaban J connectivity index is 1.80. The van der Waals surface area contributed by atoms with Crippen molar-refractivity contribution in [1.29, 1.82) is 0 Å². The van der Waals surface area contributed by atoms with Crippen molar-refractivity contribution in [3.05, 3.63) is 58.6 Å². The number of hydrogen-bond acceptors (Lipinski definition) is 6. The lowest BCUT2D eigenvalue weighted by Crippen LogP contribution is -2.35. The van der Waals surface area contributed by atoms with E-state index in [-0.39, 0.29) is 17.4 Å². The Kier molecular flexibility index (Phi) is 5.15. The van der Waals surface area contributed by atoms with Crippen molar-refractivity contribution in [1.82, 2.24) is 9.80 Å². The van der Waals surface area contributed by atoms with Gasteiger partial charge in [0.2, 0.25) is 0 Å². The topological polar surface area (TPSA) is 83.2 Å². The number of carbonyl (C=O) groups excluding carboxylic acids is 2. The van der Waals surface area contributed by atoms with Gasteiger partial charge in [-0.15, -0.1) is 0 Å². The summed E-state index contributed by atoms with van der Waals surface area (Å²) < 4.78 is 11.5. The van der Waals surface area contributed by atoms with Gasteiger partial charge in [0.05, 0.1) is 5.57 Å². The summed E-state index contributed by atoms with van der Waals surface area (Å²) in [5.74, 6) is 0.397. The Morgan fingerprint density at radius 3 is 2.67 bits per heavy atom. The van der Waals surface area contributed by atoms with E-state index in [1.54, 1.807) is 31.2 Å². The third-order valence-corrected chi connectivity index (χ3v) is 5.53. The van der Waals surface area contributed by atoms with Crippen molar-refractivity contribution in [3.63, 3.8) is 0 Å². The molecule has 3 heterocycles. The van der Waals surface area contributed by atoms with Gasteiger partial charge in [-0.2, -0.15) is 0 Å². The number of furan rings is 1. The molecule has 0 aliphatic carbocycles. The normalized spacial score (nSPS) is 22.6. The van der Waals surface area contributed by atoms with Crippen LogP contribution in [0.5, 0.6) is 5.75 Å². The van der Waals surface area contributed by atoms with Crippen LogP contribution in [-0.4, -0.2) is 59.9 Å². The number of aryl methyl sites for hydroxylation is 1. The number of ketones is 1. The fraction of sp³-hybridized carbons (Fsp3) is 0.391. The second-order valence-corrected chi connectivity index (χ2v) is 8.20. The average Bonchev–Trinajstić information content (AvgIpc) is 3.35. The summed E-state index contributed by atoms with van der Waals surface area (Å²) in [5, 5.41) is 11.1. The van der Waals surface area contributed by atoms with Crippen LogP contribution >= 0.6 is 0 Å². The van der Waals surface area contributed by atoms with Gasteiger partial charge >= 0.3 is 0 Å². The first-order valence-corrected chi connectivity index (χ1v) is 10.1. The Bertz CT molecular complexity index is 1040. The summed E-state index contributed by atoms with van der Waals surface area (Å²) in [7, 11) is 3.80. The maximum Gasteiger partial charge on any atom is 0.295 e. The molecule has 2 aliphatic heterocycles.